The second-order valence-corrected chi connectivity index (χ2v) is 4.04. The van der Waals surface area contributed by atoms with Gasteiger partial charge in [0.1, 0.15) is 5.82 Å². The van der Waals surface area contributed by atoms with E-state index in [2.05, 4.69) is 5.32 Å². The molecule has 0 aliphatic heterocycles. The van der Waals surface area contributed by atoms with E-state index in [1.165, 1.54) is 12.1 Å². The smallest absolute Gasteiger partial charge is 0.224 e. The van der Waals surface area contributed by atoms with Crippen LogP contribution in [-0.2, 0) is 11.2 Å². The second kappa shape index (κ2) is 5.96. The van der Waals surface area contributed by atoms with Crippen molar-refractivity contribution >= 4 is 11.6 Å². The molecule has 92 valence electrons. The van der Waals surface area contributed by atoms with E-state index in [4.69, 9.17) is 0 Å². The lowest BCUT2D eigenvalue weighted by molar-refractivity contribution is -0.116. The standard InChI is InChI=1S/C15H14FNO/c16-13-7-9-14(10-8-13)17-15(18)11-6-12-4-2-1-3-5-12/h1-5,7-10H,6,11H2,(H,17,18). The fourth-order valence-electron chi connectivity index (χ4n) is 1.66. The molecule has 2 aromatic rings. The van der Waals surface area contributed by atoms with E-state index in [9.17, 15) is 9.18 Å². The van der Waals surface area contributed by atoms with Gasteiger partial charge in [-0.05, 0) is 36.2 Å². The van der Waals surface area contributed by atoms with Crippen molar-refractivity contribution in [2.24, 2.45) is 0 Å². The molecule has 0 radical (unpaired) electrons. The van der Waals surface area contributed by atoms with Gasteiger partial charge in [0.15, 0.2) is 0 Å². The van der Waals surface area contributed by atoms with E-state index in [0.29, 0.717) is 18.5 Å². The van der Waals surface area contributed by atoms with E-state index >= 15 is 0 Å². The summed E-state index contributed by atoms with van der Waals surface area (Å²) in [6, 6.07) is 15.6. The van der Waals surface area contributed by atoms with E-state index in [1.54, 1.807) is 12.1 Å². The summed E-state index contributed by atoms with van der Waals surface area (Å²) in [5.74, 6) is -0.372. The number of nitrogens with one attached hydrogen (secondary N) is 1. The lowest BCUT2D eigenvalue weighted by Gasteiger charge is -2.05. The molecule has 0 aliphatic rings. The molecular weight excluding hydrogens is 229 g/mol. The van der Waals surface area contributed by atoms with Crippen molar-refractivity contribution in [3.8, 4) is 0 Å². The quantitative estimate of drug-likeness (QED) is 0.876. The third-order valence-electron chi connectivity index (χ3n) is 2.61. The molecule has 2 nitrogen and oxygen atoms in total. The van der Waals surface area contributed by atoms with E-state index in [0.717, 1.165) is 5.56 Å². The Hall–Kier alpha value is -2.16. The first kappa shape index (κ1) is 12.3. The molecule has 0 atom stereocenters. The van der Waals surface area contributed by atoms with Gasteiger partial charge in [-0.3, -0.25) is 4.79 Å². The highest BCUT2D eigenvalue weighted by Gasteiger charge is 2.03. The van der Waals surface area contributed by atoms with Crippen molar-refractivity contribution in [1.29, 1.82) is 0 Å². The highest BCUT2D eigenvalue weighted by atomic mass is 19.1. The molecule has 0 heterocycles. The Morgan fingerprint density at radius 2 is 1.67 bits per heavy atom. The summed E-state index contributed by atoms with van der Waals surface area (Å²) in [6.45, 7) is 0. The number of aryl methyl sites for hydroxylation is 1. The summed E-state index contributed by atoms with van der Waals surface area (Å²) in [5.41, 5.74) is 1.75. The maximum atomic E-state index is 12.7. The second-order valence-electron chi connectivity index (χ2n) is 4.04. The van der Waals surface area contributed by atoms with E-state index < -0.39 is 0 Å². The molecule has 0 fully saturated rings. The van der Waals surface area contributed by atoms with Gasteiger partial charge in [0, 0.05) is 12.1 Å². The number of anilines is 1. The molecule has 0 saturated heterocycles. The minimum atomic E-state index is -0.308. The van der Waals surface area contributed by atoms with Crippen molar-refractivity contribution in [3.63, 3.8) is 0 Å². The molecule has 18 heavy (non-hydrogen) atoms. The molecule has 2 rings (SSSR count). The highest BCUT2D eigenvalue weighted by molar-refractivity contribution is 5.90. The lowest BCUT2D eigenvalue weighted by Crippen LogP contribution is -2.12. The Morgan fingerprint density at radius 1 is 1.00 bits per heavy atom. The average Bonchev–Trinajstić information content (AvgIpc) is 2.40. The summed E-state index contributed by atoms with van der Waals surface area (Å²) in [4.78, 5) is 11.7. The highest BCUT2D eigenvalue weighted by Crippen LogP contribution is 2.09. The number of halogens is 1. The molecule has 0 spiro atoms. The predicted octanol–water partition coefficient (Wildman–Crippen LogP) is 3.40. The Bertz CT molecular complexity index is 508. The van der Waals surface area contributed by atoms with Gasteiger partial charge < -0.3 is 5.32 Å². The normalized spacial score (nSPS) is 10.1. The predicted molar refractivity (Wildman–Crippen MR) is 69.8 cm³/mol. The van der Waals surface area contributed by atoms with Crippen LogP contribution in [0.3, 0.4) is 0 Å². The van der Waals surface area contributed by atoms with Gasteiger partial charge in [0.05, 0.1) is 0 Å². The van der Waals surface area contributed by atoms with Crippen LogP contribution >= 0.6 is 0 Å². The van der Waals surface area contributed by atoms with Crippen LogP contribution in [0.5, 0.6) is 0 Å². The van der Waals surface area contributed by atoms with Crippen LogP contribution in [0.25, 0.3) is 0 Å². The molecule has 0 unspecified atom stereocenters. The number of hydrogen-bond acceptors (Lipinski definition) is 1. The first-order chi connectivity index (χ1) is 8.74. The van der Waals surface area contributed by atoms with Crippen molar-refractivity contribution in [2.45, 2.75) is 12.8 Å². The van der Waals surface area contributed by atoms with Crippen molar-refractivity contribution < 1.29 is 9.18 Å². The Kier molecular flexibility index (Phi) is 4.07. The topological polar surface area (TPSA) is 29.1 Å². The number of benzene rings is 2. The summed E-state index contributed by atoms with van der Waals surface area (Å²) >= 11 is 0. The van der Waals surface area contributed by atoms with Crippen molar-refractivity contribution in [1.82, 2.24) is 0 Å². The van der Waals surface area contributed by atoms with Crippen LogP contribution in [0.4, 0.5) is 10.1 Å². The number of amides is 1. The third-order valence-corrected chi connectivity index (χ3v) is 2.61. The largest absolute Gasteiger partial charge is 0.326 e. The third kappa shape index (κ3) is 3.70. The van der Waals surface area contributed by atoms with E-state index in [1.807, 2.05) is 30.3 Å². The van der Waals surface area contributed by atoms with Gasteiger partial charge in [0.25, 0.3) is 0 Å². The number of carbonyl (C=O) groups excluding carboxylic acids is 1. The number of rotatable bonds is 4. The number of carbonyl (C=O) groups is 1. The minimum absolute atomic E-state index is 0.0644. The summed E-state index contributed by atoms with van der Waals surface area (Å²) in [5, 5.41) is 2.73. The van der Waals surface area contributed by atoms with Crippen LogP contribution in [0.15, 0.2) is 54.6 Å². The molecule has 0 saturated carbocycles. The number of hydrogen-bond donors (Lipinski definition) is 1. The van der Waals surface area contributed by atoms with Crippen LogP contribution in [0.2, 0.25) is 0 Å². The SMILES string of the molecule is O=C(CCc1ccccc1)Nc1ccc(F)cc1. The zero-order chi connectivity index (χ0) is 12.8. The molecule has 0 bridgehead atoms. The fraction of sp³-hybridized carbons (Fsp3) is 0.133. The van der Waals surface area contributed by atoms with Gasteiger partial charge in [-0.25, -0.2) is 4.39 Å². The summed E-state index contributed by atoms with van der Waals surface area (Å²) in [6.07, 6.45) is 1.12. The van der Waals surface area contributed by atoms with E-state index in [-0.39, 0.29) is 11.7 Å². The molecule has 0 aromatic heterocycles. The molecule has 0 aliphatic carbocycles. The van der Waals surface area contributed by atoms with Gasteiger partial charge in [-0.15, -0.1) is 0 Å². The molecule has 2 aromatic carbocycles. The lowest BCUT2D eigenvalue weighted by atomic mass is 10.1. The Morgan fingerprint density at radius 3 is 2.33 bits per heavy atom. The minimum Gasteiger partial charge on any atom is -0.326 e. The van der Waals surface area contributed by atoms with Gasteiger partial charge >= 0.3 is 0 Å². The van der Waals surface area contributed by atoms with Gasteiger partial charge in [-0.1, -0.05) is 30.3 Å². The van der Waals surface area contributed by atoms with Crippen LogP contribution in [0, 0.1) is 5.82 Å². The fourth-order valence-corrected chi connectivity index (χ4v) is 1.66. The summed E-state index contributed by atoms with van der Waals surface area (Å²) < 4.78 is 12.7. The first-order valence-corrected chi connectivity index (χ1v) is 5.83. The van der Waals surface area contributed by atoms with Crippen LogP contribution in [-0.4, -0.2) is 5.91 Å². The van der Waals surface area contributed by atoms with Gasteiger partial charge in [-0.2, -0.15) is 0 Å². The monoisotopic (exact) mass is 243 g/mol. The van der Waals surface area contributed by atoms with Gasteiger partial charge in [0.2, 0.25) is 5.91 Å². The maximum absolute atomic E-state index is 12.7. The Balaban J connectivity index is 1.84. The molecule has 1 N–H and O–H groups in total. The van der Waals surface area contributed by atoms with Crippen molar-refractivity contribution in [3.05, 3.63) is 66.0 Å². The maximum Gasteiger partial charge on any atom is 0.224 e. The molecule has 3 heteroatoms. The first-order valence-electron chi connectivity index (χ1n) is 5.83. The molecule has 1 amide bonds. The molecular formula is C15H14FNO. The van der Waals surface area contributed by atoms with Crippen molar-refractivity contribution in [2.75, 3.05) is 5.32 Å². The van der Waals surface area contributed by atoms with Crippen LogP contribution in [0.1, 0.15) is 12.0 Å². The Labute approximate surface area is 105 Å². The zero-order valence-corrected chi connectivity index (χ0v) is 9.90. The summed E-state index contributed by atoms with van der Waals surface area (Å²) in [7, 11) is 0. The van der Waals surface area contributed by atoms with Crippen LogP contribution < -0.4 is 5.32 Å². The zero-order valence-electron chi connectivity index (χ0n) is 9.90. The average molecular weight is 243 g/mol.